The Balaban J connectivity index is 2.81. The highest BCUT2D eigenvalue weighted by atomic mass is 16.4. The fraction of sp³-hybridized carbons (Fsp3) is 0.692. The van der Waals surface area contributed by atoms with Crippen LogP contribution in [0.4, 0.5) is 0 Å². The highest BCUT2D eigenvalue weighted by molar-refractivity contribution is 6.54. The van der Waals surface area contributed by atoms with Gasteiger partial charge >= 0.3 is 0 Å². The van der Waals surface area contributed by atoms with Gasteiger partial charge in [0, 0.05) is 13.1 Å². The minimum absolute atomic E-state index is 0.242. The first-order valence-corrected chi connectivity index (χ1v) is 6.93. The van der Waals surface area contributed by atoms with Gasteiger partial charge in [0.05, 0.1) is 0 Å². The van der Waals surface area contributed by atoms with E-state index in [4.69, 9.17) is 5.21 Å². The van der Waals surface area contributed by atoms with Crippen molar-refractivity contribution < 1.29 is 19.6 Å². The molecule has 1 rings (SSSR count). The van der Waals surface area contributed by atoms with Crippen molar-refractivity contribution in [2.45, 2.75) is 39.5 Å². The number of hydrogen-bond acceptors (Lipinski definition) is 5. The summed E-state index contributed by atoms with van der Waals surface area (Å²) in [7, 11) is 0. The molecule has 0 saturated carbocycles. The summed E-state index contributed by atoms with van der Waals surface area (Å²) < 4.78 is 0. The Morgan fingerprint density at radius 3 is 2.50 bits per heavy atom. The van der Waals surface area contributed by atoms with Crippen molar-refractivity contribution in [2.24, 2.45) is 11.1 Å². The van der Waals surface area contributed by atoms with Crippen LogP contribution in [0.3, 0.4) is 0 Å². The number of amides is 3. The molecule has 0 bridgehead atoms. The third kappa shape index (κ3) is 3.34. The Bertz CT molecular complexity index is 420. The molecule has 0 aliphatic carbocycles. The van der Waals surface area contributed by atoms with Gasteiger partial charge in [-0.15, -0.1) is 0 Å². The lowest BCUT2D eigenvalue weighted by molar-refractivity contribution is -0.141. The predicted molar refractivity (Wildman–Crippen MR) is 72.3 cm³/mol. The first kappa shape index (κ1) is 16.1. The maximum absolute atomic E-state index is 12.1. The molecule has 7 nitrogen and oxygen atoms in total. The van der Waals surface area contributed by atoms with E-state index in [2.05, 4.69) is 10.5 Å². The number of hydrogen-bond donors (Lipinski definition) is 2. The fourth-order valence-electron chi connectivity index (χ4n) is 1.99. The van der Waals surface area contributed by atoms with Gasteiger partial charge in [0.25, 0.3) is 5.91 Å². The standard InChI is InChI=1S/C13H21N3O4/c1-3-5-7-14-11(17)9-10(15-20)13(19)16(12(9)18)8-6-4-2/h9,20H,3-8H2,1-2H3,(H,14,17)/b15-10+/t9-/m1/s1. The number of rotatable bonds is 7. The second-order valence-electron chi connectivity index (χ2n) is 4.71. The Kier molecular flexibility index (Phi) is 6.14. The first-order valence-electron chi connectivity index (χ1n) is 6.93. The van der Waals surface area contributed by atoms with Crippen molar-refractivity contribution in [1.82, 2.24) is 10.2 Å². The number of carbonyl (C=O) groups is 3. The highest BCUT2D eigenvalue weighted by Gasteiger charge is 2.49. The summed E-state index contributed by atoms with van der Waals surface area (Å²) in [5.41, 5.74) is -0.389. The maximum atomic E-state index is 12.1. The normalized spacial score (nSPS) is 20.8. The molecule has 0 unspecified atom stereocenters. The van der Waals surface area contributed by atoms with Crippen molar-refractivity contribution in [3.63, 3.8) is 0 Å². The van der Waals surface area contributed by atoms with Gasteiger partial charge in [-0.3, -0.25) is 19.3 Å². The van der Waals surface area contributed by atoms with Crippen LogP contribution in [0.1, 0.15) is 39.5 Å². The smallest absolute Gasteiger partial charge is 0.279 e. The minimum Gasteiger partial charge on any atom is -0.410 e. The van der Waals surface area contributed by atoms with Gasteiger partial charge in [-0.05, 0) is 12.8 Å². The number of unbranched alkanes of at least 4 members (excludes halogenated alkanes) is 2. The summed E-state index contributed by atoms with van der Waals surface area (Å²) in [6.07, 6.45) is 3.16. The molecule has 0 spiro atoms. The van der Waals surface area contributed by atoms with Crippen molar-refractivity contribution in [1.29, 1.82) is 0 Å². The van der Waals surface area contributed by atoms with E-state index in [0.717, 1.165) is 24.2 Å². The summed E-state index contributed by atoms with van der Waals surface area (Å²) >= 11 is 0. The molecule has 1 aliphatic rings. The van der Waals surface area contributed by atoms with Gasteiger partial charge in [0.1, 0.15) is 0 Å². The van der Waals surface area contributed by atoms with E-state index in [9.17, 15) is 14.4 Å². The van der Waals surface area contributed by atoms with Crippen molar-refractivity contribution >= 4 is 23.4 Å². The molecular weight excluding hydrogens is 262 g/mol. The molecule has 1 atom stereocenters. The number of carbonyl (C=O) groups excluding carboxylic acids is 3. The molecular formula is C13H21N3O4. The molecule has 20 heavy (non-hydrogen) atoms. The van der Waals surface area contributed by atoms with E-state index in [-0.39, 0.29) is 12.3 Å². The number of imide groups is 1. The zero-order valence-electron chi connectivity index (χ0n) is 11.9. The van der Waals surface area contributed by atoms with E-state index in [1.165, 1.54) is 0 Å². The van der Waals surface area contributed by atoms with E-state index in [1.807, 2.05) is 13.8 Å². The van der Waals surface area contributed by atoms with E-state index in [0.29, 0.717) is 13.0 Å². The lowest BCUT2D eigenvalue weighted by atomic mass is 10.1. The van der Waals surface area contributed by atoms with Gasteiger partial charge in [-0.1, -0.05) is 31.8 Å². The maximum Gasteiger partial charge on any atom is 0.279 e. The summed E-state index contributed by atoms with van der Waals surface area (Å²) in [5, 5.41) is 14.3. The van der Waals surface area contributed by atoms with Crippen molar-refractivity contribution in [3.05, 3.63) is 0 Å². The summed E-state index contributed by atoms with van der Waals surface area (Å²) in [6, 6.07) is 0. The molecule has 1 heterocycles. The van der Waals surface area contributed by atoms with Gasteiger partial charge in [0.2, 0.25) is 11.8 Å². The number of likely N-dealkylation sites (tertiary alicyclic amines) is 1. The fourth-order valence-corrected chi connectivity index (χ4v) is 1.99. The lowest BCUT2D eigenvalue weighted by Gasteiger charge is -2.13. The third-order valence-electron chi connectivity index (χ3n) is 3.19. The molecule has 1 fully saturated rings. The number of nitrogens with zero attached hydrogens (tertiary/aromatic N) is 2. The van der Waals surface area contributed by atoms with Crippen LogP contribution in [0.25, 0.3) is 0 Å². The highest BCUT2D eigenvalue weighted by Crippen LogP contribution is 2.18. The van der Waals surface area contributed by atoms with Crippen molar-refractivity contribution in [3.8, 4) is 0 Å². The topological polar surface area (TPSA) is 99.1 Å². The quantitative estimate of drug-likeness (QED) is 0.234. The molecule has 1 saturated heterocycles. The monoisotopic (exact) mass is 283 g/mol. The van der Waals surface area contributed by atoms with Gasteiger partial charge < -0.3 is 10.5 Å². The van der Waals surface area contributed by atoms with Crippen LogP contribution in [-0.2, 0) is 14.4 Å². The van der Waals surface area contributed by atoms with Gasteiger partial charge in [-0.25, -0.2) is 0 Å². The SMILES string of the molecule is CCCCNC(=O)[C@@H]1C(=O)N(CCCC)C(=O)/C1=N/O. The lowest BCUT2D eigenvalue weighted by Crippen LogP contribution is -2.39. The Morgan fingerprint density at radius 1 is 1.30 bits per heavy atom. The van der Waals surface area contributed by atoms with Crippen LogP contribution < -0.4 is 5.32 Å². The molecule has 2 N–H and O–H groups in total. The van der Waals surface area contributed by atoms with E-state index >= 15 is 0 Å². The minimum atomic E-state index is -1.32. The number of oxime groups is 1. The zero-order valence-corrected chi connectivity index (χ0v) is 11.9. The summed E-state index contributed by atoms with van der Waals surface area (Å²) in [4.78, 5) is 37.0. The summed E-state index contributed by atoms with van der Waals surface area (Å²) in [6.45, 7) is 4.58. The Hall–Kier alpha value is -1.92. The Labute approximate surface area is 118 Å². The first-order chi connectivity index (χ1) is 9.58. The zero-order chi connectivity index (χ0) is 15.1. The van der Waals surface area contributed by atoms with Crippen LogP contribution in [-0.4, -0.2) is 46.6 Å². The third-order valence-corrected chi connectivity index (χ3v) is 3.19. The molecule has 0 radical (unpaired) electrons. The summed E-state index contributed by atoms with van der Waals surface area (Å²) in [5.74, 6) is -3.18. The Morgan fingerprint density at radius 2 is 1.95 bits per heavy atom. The van der Waals surface area contributed by atoms with Gasteiger partial charge in [-0.2, -0.15) is 0 Å². The van der Waals surface area contributed by atoms with Gasteiger partial charge in [0.15, 0.2) is 11.6 Å². The number of nitrogens with one attached hydrogen (secondary N) is 1. The van der Waals surface area contributed by atoms with Crippen LogP contribution >= 0.6 is 0 Å². The second kappa shape index (κ2) is 7.62. The molecule has 0 aromatic carbocycles. The van der Waals surface area contributed by atoms with Crippen molar-refractivity contribution in [2.75, 3.05) is 13.1 Å². The average molecular weight is 283 g/mol. The second-order valence-corrected chi connectivity index (χ2v) is 4.71. The van der Waals surface area contributed by atoms with E-state index in [1.54, 1.807) is 0 Å². The molecule has 112 valence electrons. The average Bonchev–Trinajstić information content (AvgIpc) is 2.67. The largest absolute Gasteiger partial charge is 0.410 e. The van der Waals surface area contributed by atoms with E-state index < -0.39 is 23.6 Å². The van der Waals surface area contributed by atoms with Crippen LogP contribution in [0.5, 0.6) is 0 Å². The van der Waals surface area contributed by atoms with Crippen LogP contribution in [0.2, 0.25) is 0 Å². The predicted octanol–water partition coefficient (Wildman–Crippen LogP) is 0.518. The molecule has 3 amide bonds. The molecule has 0 aromatic rings. The van der Waals surface area contributed by atoms with Crippen LogP contribution in [0.15, 0.2) is 5.16 Å². The molecule has 7 heteroatoms. The molecule has 1 aliphatic heterocycles. The van der Waals surface area contributed by atoms with Crippen LogP contribution in [0, 0.1) is 5.92 Å². The molecule has 0 aromatic heterocycles.